The summed E-state index contributed by atoms with van der Waals surface area (Å²) >= 11 is 0. The van der Waals surface area contributed by atoms with E-state index < -0.39 is 12.1 Å². The molecule has 1 aliphatic heterocycles. The average molecular weight is 327 g/mol. The van der Waals surface area contributed by atoms with Crippen molar-refractivity contribution in [1.82, 2.24) is 10.2 Å². The Labute approximate surface area is 136 Å². The molecule has 0 saturated carbocycles. The summed E-state index contributed by atoms with van der Waals surface area (Å²) in [6, 6.07) is 6.66. The molecule has 3 amide bonds. The number of aryl methyl sites for hydroxylation is 1. The van der Waals surface area contributed by atoms with Gasteiger partial charge in [0, 0.05) is 19.1 Å². The Hall–Kier alpha value is -1.79. The van der Waals surface area contributed by atoms with Crippen LogP contribution in [0.5, 0.6) is 0 Å². The highest BCUT2D eigenvalue weighted by molar-refractivity contribution is 5.85. The summed E-state index contributed by atoms with van der Waals surface area (Å²) in [6.45, 7) is 3.20. The van der Waals surface area contributed by atoms with Gasteiger partial charge in [0.25, 0.3) is 0 Å². The van der Waals surface area contributed by atoms with E-state index in [-0.39, 0.29) is 30.8 Å². The molecule has 1 aromatic rings. The highest BCUT2D eigenvalue weighted by Crippen LogP contribution is 2.22. The predicted octanol–water partition coefficient (Wildman–Crippen LogP) is 1.08. The third-order valence-corrected chi connectivity index (χ3v) is 3.84. The molecule has 0 spiro atoms. The van der Waals surface area contributed by atoms with Crippen LogP contribution in [-0.4, -0.2) is 36.0 Å². The minimum absolute atomic E-state index is 0. The summed E-state index contributed by atoms with van der Waals surface area (Å²) in [5.41, 5.74) is 13.0. The Morgan fingerprint density at radius 1 is 1.41 bits per heavy atom. The van der Waals surface area contributed by atoms with Gasteiger partial charge in [0.15, 0.2) is 0 Å². The van der Waals surface area contributed by atoms with Crippen molar-refractivity contribution in [3.63, 3.8) is 0 Å². The maximum atomic E-state index is 12.3. The van der Waals surface area contributed by atoms with Crippen molar-refractivity contribution < 1.29 is 9.59 Å². The number of carbonyl (C=O) groups excluding carboxylic acids is 2. The zero-order valence-corrected chi connectivity index (χ0v) is 13.4. The molecule has 1 saturated heterocycles. The smallest absolute Gasteiger partial charge is 0.312 e. The topological polar surface area (TPSA) is 101 Å². The van der Waals surface area contributed by atoms with Crippen LogP contribution in [0.25, 0.3) is 0 Å². The molecule has 0 radical (unpaired) electrons. The van der Waals surface area contributed by atoms with Crippen LogP contribution in [0, 0.1) is 6.92 Å². The lowest BCUT2D eigenvalue weighted by atomic mass is 9.98. The zero-order valence-electron chi connectivity index (χ0n) is 12.6. The Morgan fingerprint density at radius 2 is 2.09 bits per heavy atom. The van der Waals surface area contributed by atoms with Crippen molar-refractivity contribution in [2.75, 3.05) is 13.1 Å². The number of likely N-dealkylation sites (tertiary alicyclic amines) is 1. The summed E-state index contributed by atoms with van der Waals surface area (Å²) in [5, 5.41) is 2.66. The van der Waals surface area contributed by atoms with E-state index in [1.807, 2.05) is 31.2 Å². The number of nitrogens with zero attached hydrogens (tertiary/aromatic N) is 1. The number of benzene rings is 1. The lowest BCUT2D eigenvalue weighted by Gasteiger charge is -2.23. The Morgan fingerprint density at radius 3 is 2.64 bits per heavy atom. The molecule has 5 N–H and O–H groups in total. The van der Waals surface area contributed by atoms with E-state index in [2.05, 4.69) is 5.32 Å². The number of nitrogens with one attached hydrogen (secondary N) is 1. The van der Waals surface area contributed by atoms with E-state index in [4.69, 9.17) is 11.5 Å². The van der Waals surface area contributed by atoms with Crippen LogP contribution < -0.4 is 16.8 Å². The monoisotopic (exact) mass is 326 g/mol. The first-order valence-electron chi connectivity index (χ1n) is 7.12. The lowest BCUT2D eigenvalue weighted by molar-refractivity contribution is -0.130. The number of halogens is 1. The van der Waals surface area contributed by atoms with Gasteiger partial charge in [-0.2, -0.15) is 0 Å². The fraction of sp³-hybridized carbons (Fsp3) is 0.467. The molecule has 2 rings (SSSR count). The molecule has 7 heteroatoms. The van der Waals surface area contributed by atoms with Gasteiger partial charge in [-0.05, 0) is 24.5 Å². The highest BCUT2D eigenvalue weighted by atomic mass is 35.5. The summed E-state index contributed by atoms with van der Waals surface area (Å²) < 4.78 is 0. The average Bonchev–Trinajstić information content (AvgIpc) is 2.85. The maximum absolute atomic E-state index is 12.3. The van der Waals surface area contributed by atoms with Crippen LogP contribution in [0.1, 0.15) is 30.0 Å². The molecule has 1 unspecified atom stereocenters. The standard InChI is InChI=1S/C15H22N4O2.ClH/c1-10-4-2-3-5-12(10)13(18-15(17)21)8-14(20)19-7-6-11(16)9-19;/h2-5,11,13H,6-9,16H2,1H3,(H3,17,18,21);1H/t11-,13?;/m1./s1. The largest absolute Gasteiger partial charge is 0.352 e. The number of rotatable bonds is 4. The van der Waals surface area contributed by atoms with Crippen molar-refractivity contribution in [3.8, 4) is 0 Å². The number of hydrogen-bond acceptors (Lipinski definition) is 3. The first-order chi connectivity index (χ1) is 9.97. The van der Waals surface area contributed by atoms with Crippen molar-refractivity contribution >= 4 is 24.3 Å². The second-order valence-electron chi connectivity index (χ2n) is 5.51. The summed E-state index contributed by atoms with van der Waals surface area (Å²) in [6.07, 6.45) is 1.02. The van der Waals surface area contributed by atoms with E-state index in [1.165, 1.54) is 0 Å². The fourth-order valence-corrected chi connectivity index (χ4v) is 2.71. The van der Waals surface area contributed by atoms with Gasteiger partial charge in [-0.25, -0.2) is 4.79 Å². The molecule has 0 aromatic heterocycles. The second kappa shape index (κ2) is 8.00. The summed E-state index contributed by atoms with van der Waals surface area (Å²) in [7, 11) is 0. The third-order valence-electron chi connectivity index (χ3n) is 3.84. The van der Waals surface area contributed by atoms with E-state index >= 15 is 0 Å². The Balaban J connectivity index is 0.00000242. The fourth-order valence-electron chi connectivity index (χ4n) is 2.71. The van der Waals surface area contributed by atoms with Gasteiger partial charge in [-0.1, -0.05) is 24.3 Å². The van der Waals surface area contributed by atoms with E-state index in [0.29, 0.717) is 13.1 Å². The van der Waals surface area contributed by atoms with Gasteiger partial charge < -0.3 is 21.7 Å². The first kappa shape index (κ1) is 18.3. The predicted molar refractivity (Wildman–Crippen MR) is 87.7 cm³/mol. The summed E-state index contributed by atoms with van der Waals surface area (Å²) in [5.74, 6) is -0.00930. The molecule has 6 nitrogen and oxygen atoms in total. The molecule has 1 heterocycles. The number of hydrogen-bond donors (Lipinski definition) is 3. The molecule has 0 aliphatic carbocycles. The normalized spacial score (nSPS) is 18.5. The summed E-state index contributed by atoms with van der Waals surface area (Å²) in [4.78, 5) is 25.3. The zero-order chi connectivity index (χ0) is 15.4. The van der Waals surface area contributed by atoms with Gasteiger partial charge in [0.1, 0.15) is 0 Å². The van der Waals surface area contributed by atoms with Crippen LogP contribution in [-0.2, 0) is 4.79 Å². The third kappa shape index (κ3) is 4.61. The van der Waals surface area contributed by atoms with Crippen LogP contribution in [0.4, 0.5) is 4.79 Å². The number of primary amides is 1. The van der Waals surface area contributed by atoms with Crippen LogP contribution in [0.2, 0.25) is 0 Å². The quantitative estimate of drug-likeness (QED) is 0.771. The number of amides is 3. The molecule has 22 heavy (non-hydrogen) atoms. The molecule has 2 atom stereocenters. The van der Waals surface area contributed by atoms with E-state index in [0.717, 1.165) is 17.5 Å². The van der Waals surface area contributed by atoms with Gasteiger partial charge >= 0.3 is 6.03 Å². The highest BCUT2D eigenvalue weighted by Gasteiger charge is 2.27. The van der Waals surface area contributed by atoms with E-state index in [9.17, 15) is 9.59 Å². The van der Waals surface area contributed by atoms with Crippen LogP contribution >= 0.6 is 12.4 Å². The van der Waals surface area contributed by atoms with Crippen molar-refractivity contribution in [1.29, 1.82) is 0 Å². The molecular formula is C15H23ClN4O2. The molecule has 1 fully saturated rings. The number of urea groups is 1. The van der Waals surface area contributed by atoms with Crippen molar-refractivity contribution in [3.05, 3.63) is 35.4 Å². The molecular weight excluding hydrogens is 304 g/mol. The van der Waals surface area contributed by atoms with Crippen LogP contribution in [0.15, 0.2) is 24.3 Å². The molecule has 0 bridgehead atoms. The molecule has 1 aromatic carbocycles. The number of nitrogens with two attached hydrogens (primary N) is 2. The number of carbonyl (C=O) groups is 2. The SMILES string of the molecule is Cc1ccccc1C(CC(=O)N1CC[C@@H](N)C1)NC(N)=O.Cl. The second-order valence-corrected chi connectivity index (χ2v) is 5.51. The lowest BCUT2D eigenvalue weighted by Crippen LogP contribution is -2.38. The first-order valence-corrected chi connectivity index (χ1v) is 7.12. The van der Waals surface area contributed by atoms with Crippen molar-refractivity contribution in [2.45, 2.75) is 31.8 Å². The Kier molecular flexibility index (Phi) is 6.64. The van der Waals surface area contributed by atoms with Crippen molar-refractivity contribution in [2.24, 2.45) is 11.5 Å². The van der Waals surface area contributed by atoms with E-state index in [1.54, 1.807) is 4.90 Å². The maximum Gasteiger partial charge on any atom is 0.312 e. The van der Waals surface area contributed by atoms with Gasteiger partial charge in [-0.15, -0.1) is 12.4 Å². The minimum Gasteiger partial charge on any atom is -0.352 e. The molecule has 1 aliphatic rings. The van der Waals surface area contributed by atoms with Crippen LogP contribution in [0.3, 0.4) is 0 Å². The Bertz CT molecular complexity index is 538. The minimum atomic E-state index is -0.630. The van der Waals surface area contributed by atoms with Gasteiger partial charge in [-0.3, -0.25) is 4.79 Å². The molecule has 122 valence electrons. The van der Waals surface area contributed by atoms with Gasteiger partial charge in [0.2, 0.25) is 5.91 Å². The van der Waals surface area contributed by atoms with Gasteiger partial charge in [0.05, 0.1) is 12.5 Å².